The van der Waals surface area contributed by atoms with Gasteiger partial charge in [-0.3, -0.25) is 9.20 Å². The molecular formula is C17H18N4O3. The Hall–Kier alpha value is -3.09. The first-order valence-electron chi connectivity index (χ1n) is 7.59. The highest BCUT2D eigenvalue weighted by Gasteiger charge is 2.08. The van der Waals surface area contributed by atoms with Gasteiger partial charge in [-0.2, -0.15) is 0 Å². The Bertz CT molecular complexity index is 831. The molecule has 124 valence electrons. The molecule has 0 unspecified atom stereocenters. The van der Waals surface area contributed by atoms with E-state index in [1.165, 1.54) is 0 Å². The number of carbonyl (C=O) groups is 1. The minimum atomic E-state index is -0.113. The van der Waals surface area contributed by atoms with Gasteiger partial charge in [0.05, 0.1) is 26.7 Å². The zero-order valence-electron chi connectivity index (χ0n) is 13.3. The third-order valence-corrected chi connectivity index (χ3v) is 3.48. The van der Waals surface area contributed by atoms with E-state index in [4.69, 9.17) is 9.47 Å². The Morgan fingerprint density at radius 3 is 2.75 bits per heavy atom. The van der Waals surface area contributed by atoms with E-state index >= 15 is 0 Å². The Labute approximate surface area is 139 Å². The lowest BCUT2D eigenvalue weighted by Gasteiger charge is -2.10. The van der Waals surface area contributed by atoms with Crippen molar-refractivity contribution in [1.29, 1.82) is 0 Å². The number of aromatic nitrogens is 3. The van der Waals surface area contributed by atoms with E-state index in [2.05, 4.69) is 15.5 Å². The number of methoxy groups -OCH3 is 1. The first kappa shape index (κ1) is 15.8. The fourth-order valence-electron chi connectivity index (χ4n) is 2.27. The summed E-state index contributed by atoms with van der Waals surface area (Å²) in [5.74, 6) is 1.84. The quantitative estimate of drug-likeness (QED) is 0.716. The predicted octanol–water partition coefficient (Wildman–Crippen LogP) is 1.82. The summed E-state index contributed by atoms with van der Waals surface area (Å²) in [5, 5.41) is 10.9. The van der Waals surface area contributed by atoms with Crippen LogP contribution in [-0.4, -0.2) is 34.2 Å². The van der Waals surface area contributed by atoms with Crippen LogP contribution in [0.1, 0.15) is 12.2 Å². The molecule has 0 fully saturated rings. The van der Waals surface area contributed by atoms with E-state index in [-0.39, 0.29) is 18.9 Å². The van der Waals surface area contributed by atoms with Crippen molar-refractivity contribution in [2.24, 2.45) is 0 Å². The Kier molecular flexibility index (Phi) is 4.90. The van der Waals surface area contributed by atoms with Gasteiger partial charge < -0.3 is 14.8 Å². The van der Waals surface area contributed by atoms with E-state index in [0.717, 1.165) is 5.65 Å². The van der Waals surface area contributed by atoms with E-state index in [9.17, 15) is 4.79 Å². The van der Waals surface area contributed by atoms with Crippen molar-refractivity contribution in [2.45, 2.75) is 13.0 Å². The lowest BCUT2D eigenvalue weighted by Crippen LogP contribution is -2.25. The fourth-order valence-corrected chi connectivity index (χ4v) is 2.27. The fraction of sp³-hybridized carbons (Fsp3) is 0.235. The third kappa shape index (κ3) is 3.62. The number of hydrogen-bond acceptors (Lipinski definition) is 5. The first-order chi connectivity index (χ1) is 11.8. The van der Waals surface area contributed by atoms with Gasteiger partial charge >= 0.3 is 0 Å². The van der Waals surface area contributed by atoms with Gasteiger partial charge in [0, 0.05) is 6.20 Å². The molecular weight excluding hydrogens is 308 g/mol. The maximum Gasteiger partial charge on any atom is 0.223 e. The largest absolute Gasteiger partial charge is 0.493 e. The second-order valence-electron chi connectivity index (χ2n) is 5.07. The Morgan fingerprint density at radius 1 is 1.12 bits per heavy atom. The normalized spacial score (nSPS) is 10.5. The van der Waals surface area contributed by atoms with Crippen LogP contribution in [0.2, 0.25) is 0 Å². The van der Waals surface area contributed by atoms with Gasteiger partial charge in [0.1, 0.15) is 0 Å². The average molecular weight is 326 g/mol. The molecule has 2 aromatic heterocycles. The van der Waals surface area contributed by atoms with E-state index in [1.807, 2.05) is 47.0 Å². The molecule has 0 saturated heterocycles. The van der Waals surface area contributed by atoms with Gasteiger partial charge in [0.2, 0.25) is 5.91 Å². The van der Waals surface area contributed by atoms with Crippen molar-refractivity contribution in [3.8, 4) is 11.5 Å². The van der Waals surface area contributed by atoms with Gasteiger partial charge in [0.15, 0.2) is 23.0 Å². The van der Waals surface area contributed by atoms with Gasteiger partial charge in [-0.25, -0.2) is 0 Å². The lowest BCUT2D eigenvalue weighted by molar-refractivity contribution is -0.121. The SMILES string of the molecule is COc1ccccc1OCCC(=O)NCc1nnc2ccccn12. The summed E-state index contributed by atoms with van der Waals surface area (Å²) in [6.45, 7) is 0.589. The zero-order valence-corrected chi connectivity index (χ0v) is 13.3. The van der Waals surface area contributed by atoms with Crippen LogP contribution in [0.4, 0.5) is 0 Å². The van der Waals surface area contributed by atoms with Crippen LogP contribution in [-0.2, 0) is 11.3 Å². The van der Waals surface area contributed by atoms with E-state index in [1.54, 1.807) is 13.2 Å². The summed E-state index contributed by atoms with van der Waals surface area (Å²) in [6.07, 6.45) is 2.11. The monoisotopic (exact) mass is 326 g/mol. The summed E-state index contributed by atoms with van der Waals surface area (Å²) in [7, 11) is 1.58. The number of ether oxygens (including phenoxy) is 2. The lowest BCUT2D eigenvalue weighted by atomic mass is 10.3. The molecule has 0 aliphatic carbocycles. The highest BCUT2D eigenvalue weighted by atomic mass is 16.5. The molecule has 1 amide bonds. The number of carbonyl (C=O) groups excluding carboxylic acids is 1. The summed E-state index contributed by atoms with van der Waals surface area (Å²) >= 11 is 0. The Balaban J connectivity index is 1.48. The molecule has 0 atom stereocenters. The number of benzene rings is 1. The second kappa shape index (κ2) is 7.45. The van der Waals surface area contributed by atoms with E-state index in [0.29, 0.717) is 23.9 Å². The third-order valence-electron chi connectivity index (χ3n) is 3.48. The van der Waals surface area contributed by atoms with Crippen LogP contribution < -0.4 is 14.8 Å². The van der Waals surface area contributed by atoms with Crippen LogP contribution in [0.15, 0.2) is 48.7 Å². The molecule has 7 nitrogen and oxygen atoms in total. The number of nitrogens with zero attached hydrogens (tertiary/aromatic N) is 3. The van der Waals surface area contributed by atoms with Gasteiger partial charge in [-0.1, -0.05) is 18.2 Å². The highest BCUT2D eigenvalue weighted by Crippen LogP contribution is 2.25. The van der Waals surface area contributed by atoms with E-state index < -0.39 is 0 Å². The van der Waals surface area contributed by atoms with Crippen molar-refractivity contribution in [1.82, 2.24) is 19.9 Å². The van der Waals surface area contributed by atoms with Crippen molar-refractivity contribution >= 4 is 11.6 Å². The minimum Gasteiger partial charge on any atom is -0.493 e. The average Bonchev–Trinajstić information content (AvgIpc) is 3.03. The number of hydrogen-bond donors (Lipinski definition) is 1. The molecule has 0 saturated carbocycles. The topological polar surface area (TPSA) is 77.8 Å². The minimum absolute atomic E-state index is 0.113. The number of nitrogens with one attached hydrogen (secondary N) is 1. The molecule has 24 heavy (non-hydrogen) atoms. The molecule has 3 aromatic rings. The number of para-hydroxylation sites is 2. The van der Waals surface area contributed by atoms with Crippen LogP contribution in [0.3, 0.4) is 0 Å². The van der Waals surface area contributed by atoms with Gasteiger partial charge in [-0.05, 0) is 24.3 Å². The highest BCUT2D eigenvalue weighted by molar-refractivity contribution is 5.75. The molecule has 0 radical (unpaired) electrons. The molecule has 0 aliphatic heterocycles. The summed E-state index contributed by atoms with van der Waals surface area (Å²) in [5.41, 5.74) is 0.751. The zero-order chi connectivity index (χ0) is 16.8. The van der Waals surface area contributed by atoms with Crippen molar-refractivity contribution < 1.29 is 14.3 Å². The molecule has 1 aromatic carbocycles. The smallest absolute Gasteiger partial charge is 0.223 e. The molecule has 7 heteroatoms. The number of pyridine rings is 1. The predicted molar refractivity (Wildman–Crippen MR) is 87.9 cm³/mol. The number of fused-ring (bicyclic) bond motifs is 1. The van der Waals surface area contributed by atoms with Crippen molar-refractivity contribution in [3.05, 3.63) is 54.5 Å². The molecule has 0 bridgehead atoms. The van der Waals surface area contributed by atoms with Crippen LogP contribution in [0, 0.1) is 0 Å². The Morgan fingerprint density at radius 2 is 1.92 bits per heavy atom. The van der Waals surface area contributed by atoms with Gasteiger partial charge in [-0.15, -0.1) is 10.2 Å². The van der Waals surface area contributed by atoms with Crippen LogP contribution >= 0.6 is 0 Å². The first-order valence-corrected chi connectivity index (χ1v) is 7.59. The number of amides is 1. The van der Waals surface area contributed by atoms with Crippen LogP contribution in [0.5, 0.6) is 11.5 Å². The standard InChI is InChI=1S/C17H18N4O3/c1-23-13-6-2-3-7-14(13)24-11-9-17(22)18-12-16-20-19-15-8-4-5-10-21(15)16/h2-8,10H,9,11-12H2,1H3,(H,18,22). The molecule has 0 spiro atoms. The summed E-state index contributed by atoms with van der Waals surface area (Å²) < 4.78 is 12.6. The molecule has 0 aliphatic rings. The van der Waals surface area contributed by atoms with Crippen LogP contribution in [0.25, 0.3) is 5.65 Å². The molecule has 2 heterocycles. The second-order valence-corrected chi connectivity index (χ2v) is 5.07. The molecule has 3 rings (SSSR count). The summed E-state index contributed by atoms with van der Waals surface area (Å²) in [4.78, 5) is 11.9. The van der Waals surface area contributed by atoms with Crippen molar-refractivity contribution in [3.63, 3.8) is 0 Å². The maximum absolute atomic E-state index is 11.9. The maximum atomic E-state index is 11.9. The van der Waals surface area contributed by atoms with Crippen molar-refractivity contribution in [2.75, 3.05) is 13.7 Å². The van der Waals surface area contributed by atoms with Gasteiger partial charge in [0.25, 0.3) is 0 Å². The number of rotatable bonds is 7. The molecule has 1 N–H and O–H groups in total. The summed E-state index contributed by atoms with van der Waals surface area (Å²) in [6, 6.07) is 13.0.